The van der Waals surface area contributed by atoms with Gasteiger partial charge in [0.05, 0.1) is 11.6 Å². The number of aromatic carboxylic acids is 1. The second-order valence-corrected chi connectivity index (χ2v) is 6.50. The molecule has 2 aromatic rings. The summed E-state index contributed by atoms with van der Waals surface area (Å²) in [5.74, 6) is -0.916. The van der Waals surface area contributed by atoms with Crippen molar-refractivity contribution in [3.63, 3.8) is 0 Å². The molecule has 130 valence electrons. The van der Waals surface area contributed by atoms with Gasteiger partial charge in [0.25, 0.3) is 0 Å². The number of rotatable bonds is 5. The molecule has 0 aromatic heterocycles. The Kier molecular flexibility index (Phi) is 4.86. The standard InChI is InChI=1S/C20H22N2O3/c1-13-10-16-7-3-4-9-18(16)22(13)19(23)14(2)21-12-15-6-5-8-17(11-15)20(24)25/h3-9,11,13-14,21H,10,12H2,1-2H3,(H,24,25). The Hall–Kier alpha value is -2.66. The first-order valence-corrected chi connectivity index (χ1v) is 8.44. The number of carbonyl (C=O) groups is 2. The number of nitrogens with zero attached hydrogens (tertiary/aromatic N) is 1. The van der Waals surface area contributed by atoms with Crippen molar-refractivity contribution in [2.45, 2.75) is 38.9 Å². The number of anilines is 1. The Balaban J connectivity index is 1.67. The average molecular weight is 338 g/mol. The molecule has 0 radical (unpaired) electrons. The fourth-order valence-corrected chi connectivity index (χ4v) is 3.28. The van der Waals surface area contributed by atoms with Crippen LogP contribution in [0.15, 0.2) is 48.5 Å². The highest BCUT2D eigenvalue weighted by Gasteiger charge is 2.32. The maximum absolute atomic E-state index is 12.9. The van der Waals surface area contributed by atoms with Gasteiger partial charge in [0, 0.05) is 18.3 Å². The van der Waals surface area contributed by atoms with E-state index in [0.29, 0.717) is 6.54 Å². The van der Waals surface area contributed by atoms with Gasteiger partial charge >= 0.3 is 5.97 Å². The summed E-state index contributed by atoms with van der Waals surface area (Å²) < 4.78 is 0. The summed E-state index contributed by atoms with van der Waals surface area (Å²) >= 11 is 0. The highest BCUT2D eigenvalue weighted by Crippen LogP contribution is 2.32. The van der Waals surface area contributed by atoms with E-state index >= 15 is 0 Å². The maximum atomic E-state index is 12.9. The number of fused-ring (bicyclic) bond motifs is 1. The molecule has 5 heteroatoms. The number of nitrogens with one attached hydrogen (secondary N) is 1. The molecule has 1 aliphatic rings. The molecule has 0 aliphatic carbocycles. The predicted molar refractivity (Wildman–Crippen MR) is 96.8 cm³/mol. The molecule has 2 N–H and O–H groups in total. The molecule has 2 unspecified atom stereocenters. The summed E-state index contributed by atoms with van der Waals surface area (Å²) in [6.45, 7) is 4.34. The minimum Gasteiger partial charge on any atom is -0.478 e. The first kappa shape index (κ1) is 17.2. The molecule has 1 amide bonds. The van der Waals surface area contributed by atoms with Crippen LogP contribution in [0.2, 0.25) is 0 Å². The third kappa shape index (κ3) is 3.56. The lowest BCUT2D eigenvalue weighted by Crippen LogP contribution is -2.47. The van der Waals surface area contributed by atoms with Crippen molar-refractivity contribution < 1.29 is 14.7 Å². The van der Waals surface area contributed by atoms with Crippen molar-refractivity contribution in [3.8, 4) is 0 Å². The molecule has 1 heterocycles. The summed E-state index contributed by atoms with van der Waals surface area (Å²) in [6, 6.07) is 14.5. The number of para-hydroxylation sites is 1. The van der Waals surface area contributed by atoms with Gasteiger partial charge in [-0.25, -0.2) is 4.79 Å². The number of hydrogen-bond acceptors (Lipinski definition) is 3. The molecule has 1 aliphatic heterocycles. The molecule has 3 rings (SSSR count). The summed E-state index contributed by atoms with van der Waals surface area (Å²) in [5.41, 5.74) is 3.28. The zero-order valence-electron chi connectivity index (χ0n) is 14.4. The molecule has 0 saturated heterocycles. The number of carboxylic acid groups (broad SMARTS) is 1. The minimum atomic E-state index is -0.950. The second kappa shape index (κ2) is 7.07. The lowest BCUT2D eigenvalue weighted by molar-refractivity contribution is -0.120. The number of carbonyl (C=O) groups excluding carboxylic acids is 1. The Morgan fingerprint density at radius 3 is 2.76 bits per heavy atom. The predicted octanol–water partition coefficient (Wildman–Crippen LogP) is 2.84. The number of amides is 1. The normalized spacial score (nSPS) is 17.2. The van der Waals surface area contributed by atoms with Gasteiger partial charge in [-0.1, -0.05) is 30.3 Å². The molecule has 0 spiro atoms. The lowest BCUT2D eigenvalue weighted by atomic mass is 10.1. The van der Waals surface area contributed by atoms with E-state index < -0.39 is 5.97 Å². The lowest BCUT2D eigenvalue weighted by Gasteiger charge is -2.26. The van der Waals surface area contributed by atoms with E-state index in [1.165, 1.54) is 5.56 Å². The Bertz CT molecular complexity index is 803. The Morgan fingerprint density at radius 1 is 1.24 bits per heavy atom. The second-order valence-electron chi connectivity index (χ2n) is 6.50. The van der Waals surface area contributed by atoms with E-state index in [1.54, 1.807) is 18.2 Å². The monoisotopic (exact) mass is 338 g/mol. The van der Waals surface area contributed by atoms with Crippen molar-refractivity contribution >= 4 is 17.6 Å². The van der Waals surface area contributed by atoms with E-state index in [0.717, 1.165) is 17.7 Å². The van der Waals surface area contributed by atoms with Crippen molar-refractivity contribution in [1.29, 1.82) is 0 Å². The van der Waals surface area contributed by atoms with Crippen molar-refractivity contribution in [2.75, 3.05) is 4.90 Å². The van der Waals surface area contributed by atoms with E-state index in [9.17, 15) is 9.59 Å². The van der Waals surface area contributed by atoms with Gasteiger partial charge in [-0.05, 0) is 49.6 Å². The average Bonchev–Trinajstić information content (AvgIpc) is 2.95. The smallest absolute Gasteiger partial charge is 0.335 e. The summed E-state index contributed by atoms with van der Waals surface area (Å²) in [4.78, 5) is 25.8. The molecule has 2 aromatic carbocycles. The van der Waals surface area contributed by atoms with Crippen LogP contribution < -0.4 is 10.2 Å². The van der Waals surface area contributed by atoms with Crippen LogP contribution in [0.1, 0.15) is 35.3 Å². The van der Waals surface area contributed by atoms with Crippen LogP contribution in [0.25, 0.3) is 0 Å². The van der Waals surface area contributed by atoms with E-state index in [1.807, 2.05) is 36.1 Å². The van der Waals surface area contributed by atoms with Gasteiger partial charge in [-0.2, -0.15) is 0 Å². The van der Waals surface area contributed by atoms with Crippen LogP contribution in [0, 0.1) is 0 Å². The molecule has 0 fully saturated rings. The molecule has 25 heavy (non-hydrogen) atoms. The van der Waals surface area contributed by atoms with E-state index in [-0.39, 0.29) is 23.6 Å². The first-order chi connectivity index (χ1) is 12.0. The summed E-state index contributed by atoms with van der Waals surface area (Å²) in [6.07, 6.45) is 0.870. The molecule has 2 atom stereocenters. The van der Waals surface area contributed by atoms with Crippen LogP contribution >= 0.6 is 0 Å². The summed E-state index contributed by atoms with van der Waals surface area (Å²) in [7, 11) is 0. The van der Waals surface area contributed by atoms with Crippen LogP contribution in [0.5, 0.6) is 0 Å². The van der Waals surface area contributed by atoms with E-state index in [4.69, 9.17) is 5.11 Å². The quantitative estimate of drug-likeness (QED) is 0.879. The SMILES string of the molecule is CC(NCc1cccc(C(=O)O)c1)C(=O)N1c2ccccc2CC1C. The molecule has 0 bridgehead atoms. The van der Waals surface area contributed by atoms with Crippen LogP contribution in [-0.4, -0.2) is 29.1 Å². The van der Waals surface area contributed by atoms with Crippen molar-refractivity contribution in [1.82, 2.24) is 5.32 Å². The van der Waals surface area contributed by atoms with Gasteiger partial charge in [0.15, 0.2) is 0 Å². The fourth-order valence-electron chi connectivity index (χ4n) is 3.28. The topological polar surface area (TPSA) is 69.6 Å². The third-order valence-electron chi connectivity index (χ3n) is 4.60. The van der Waals surface area contributed by atoms with E-state index in [2.05, 4.69) is 18.3 Å². The van der Waals surface area contributed by atoms with Crippen molar-refractivity contribution in [3.05, 3.63) is 65.2 Å². The van der Waals surface area contributed by atoms with Gasteiger partial charge in [0.2, 0.25) is 5.91 Å². The zero-order chi connectivity index (χ0) is 18.0. The highest BCUT2D eigenvalue weighted by atomic mass is 16.4. The van der Waals surface area contributed by atoms with Gasteiger partial charge in [-0.15, -0.1) is 0 Å². The highest BCUT2D eigenvalue weighted by molar-refractivity contribution is 5.99. The van der Waals surface area contributed by atoms with Crippen LogP contribution in [0.4, 0.5) is 5.69 Å². The van der Waals surface area contributed by atoms with Crippen LogP contribution in [-0.2, 0) is 17.8 Å². The molecular weight excluding hydrogens is 316 g/mol. The third-order valence-corrected chi connectivity index (χ3v) is 4.60. The Labute approximate surface area is 147 Å². The van der Waals surface area contributed by atoms with Gasteiger partial charge < -0.3 is 15.3 Å². The number of benzene rings is 2. The van der Waals surface area contributed by atoms with Gasteiger partial charge in [-0.3, -0.25) is 4.79 Å². The Morgan fingerprint density at radius 2 is 2.00 bits per heavy atom. The molecule has 5 nitrogen and oxygen atoms in total. The number of hydrogen-bond donors (Lipinski definition) is 2. The maximum Gasteiger partial charge on any atom is 0.335 e. The fraction of sp³-hybridized carbons (Fsp3) is 0.300. The largest absolute Gasteiger partial charge is 0.478 e. The summed E-state index contributed by atoms with van der Waals surface area (Å²) in [5, 5.41) is 12.3. The number of carboxylic acids is 1. The zero-order valence-corrected chi connectivity index (χ0v) is 14.4. The first-order valence-electron chi connectivity index (χ1n) is 8.44. The molecular formula is C20H22N2O3. The van der Waals surface area contributed by atoms with Crippen LogP contribution in [0.3, 0.4) is 0 Å². The molecule has 0 saturated carbocycles. The van der Waals surface area contributed by atoms with Gasteiger partial charge in [0.1, 0.15) is 0 Å². The minimum absolute atomic E-state index is 0.0341. The van der Waals surface area contributed by atoms with Crippen molar-refractivity contribution in [2.24, 2.45) is 0 Å².